The van der Waals surface area contributed by atoms with Crippen molar-refractivity contribution in [2.45, 2.75) is 56.9 Å². The fourth-order valence-electron chi connectivity index (χ4n) is 4.14. The van der Waals surface area contributed by atoms with Crippen LogP contribution >= 0.6 is 0 Å². The van der Waals surface area contributed by atoms with E-state index in [1.807, 2.05) is 0 Å². The monoisotopic (exact) mass is 425 g/mol. The summed E-state index contributed by atoms with van der Waals surface area (Å²) in [5.74, 6) is -1.98. The number of benzene rings is 1. The molecule has 1 heterocycles. The Hall–Kier alpha value is -2.58. The standard InChI is InChI=1S/C21H26F3N3O3/c1-2-17(29)26-18(20(30)27-9-5-13(6-10-27)19(23)24)21(7-8-21)14-3-4-16(25-12-28)15(22)11-14/h3-4,11-13,18-19H,2,5-10H2,1H3,(H,25,28)(H,26,29). The van der Waals surface area contributed by atoms with Crippen LogP contribution < -0.4 is 10.6 Å². The number of alkyl halides is 2. The highest BCUT2D eigenvalue weighted by Gasteiger charge is 2.55. The molecule has 1 aromatic carbocycles. The van der Waals surface area contributed by atoms with Gasteiger partial charge in [-0.1, -0.05) is 13.0 Å². The molecule has 1 atom stereocenters. The molecule has 1 aromatic rings. The Labute approximate surface area is 173 Å². The predicted molar refractivity (Wildman–Crippen MR) is 105 cm³/mol. The van der Waals surface area contributed by atoms with E-state index < -0.39 is 29.6 Å². The number of halogens is 3. The molecule has 30 heavy (non-hydrogen) atoms. The molecular weight excluding hydrogens is 399 g/mol. The number of piperidine rings is 1. The van der Waals surface area contributed by atoms with Crippen molar-refractivity contribution in [2.24, 2.45) is 5.92 Å². The van der Waals surface area contributed by atoms with Crippen LogP contribution in [0.25, 0.3) is 0 Å². The Morgan fingerprint density at radius 2 is 1.93 bits per heavy atom. The van der Waals surface area contributed by atoms with Gasteiger partial charge in [0.15, 0.2) is 0 Å². The van der Waals surface area contributed by atoms with Crippen LogP contribution in [0, 0.1) is 11.7 Å². The first kappa shape index (κ1) is 22.1. The first-order chi connectivity index (χ1) is 14.3. The second-order valence-electron chi connectivity index (χ2n) is 7.96. The molecule has 3 rings (SSSR count). The zero-order valence-electron chi connectivity index (χ0n) is 16.8. The van der Waals surface area contributed by atoms with E-state index in [-0.39, 0.29) is 49.9 Å². The fraction of sp³-hybridized carbons (Fsp3) is 0.571. The number of carbonyl (C=O) groups excluding carboxylic acids is 3. The summed E-state index contributed by atoms with van der Waals surface area (Å²) in [7, 11) is 0. The maximum atomic E-state index is 14.4. The van der Waals surface area contributed by atoms with E-state index in [1.165, 1.54) is 17.0 Å². The van der Waals surface area contributed by atoms with E-state index in [9.17, 15) is 27.6 Å². The first-order valence-corrected chi connectivity index (χ1v) is 10.2. The molecule has 2 fully saturated rings. The van der Waals surface area contributed by atoms with Gasteiger partial charge in [0, 0.05) is 30.8 Å². The number of nitrogens with one attached hydrogen (secondary N) is 2. The lowest BCUT2D eigenvalue weighted by atomic mass is 9.85. The third-order valence-electron chi connectivity index (χ3n) is 6.18. The summed E-state index contributed by atoms with van der Waals surface area (Å²) in [6.45, 7) is 2.09. The van der Waals surface area contributed by atoms with Crippen LogP contribution in [0.5, 0.6) is 0 Å². The molecule has 0 radical (unpaired) electrons. The molecular formula is C21H26F3N3O3. The third kappa shape index (κ3) is 4.44. The van der Waals surface area contributed by atoms with E-state index in [0.717, 1.165) is 0 Å². The van der Waals surface area contributed by atoms with Gasteiger partial charge in [0.05, 0.1) is 5.69 Å². The van der Waals surface area contributed by atoms with Crippen LogP contribution in [-0.4, -0.2) is 48.7 Å². The van der Waals surface area contributed by atoms with E-state index in [4.69, 9.17) is 0 Å². The lowest BCUT2D eigenvalue weighted by Gasteiger charge is -2.37. The number of carbonyl (C=O) groups is 3. The summed E-state index contributed by atoms with van der Waals surface area (Å²) >= 11 is 0. The van der Waals surface area contributed by atoms with Crippen LogP contribution in [-0.2, 0) is 19.8 Å². The Balaban J connectivity index is 1.84. The van der Waals surface area contributed by atoms with Gasteiger partial charge < -0.3 is 15.5 Å². The minimum Gasteiger partial charge on any atom is -0.343 e. The number of amides is 3. The van der Waals surface area contributed by atoms with Gasteiger partial charge in [-0.2, -0.15) is 0 Å². The number of hydrogen-bond donors (Lipinski definition) is 2. The second-order valence-corrected chi connectivity index (χ2v) is 7.96. The molecule has 2 aliphatic rings. The molecule has 3 amide bonds. The lowest BCUT2D eigenvalue weighted by Crippen LogP contribution is -2.56. The van der Waals surface area contributed by atoms with Crippen molar-refractivity contribution in [1.82, 2.24) is 10.2 Å². The van der Waals surface area contributed by atoms with Crippen LogP contribution in [0.4, 0.5) is 18.9 Å². The number of likely N-dealkylation sites (tertiary alicyclic amines) is 1. The maximum absolute atomic E-state index is 14.4. The summed E-state index contributed by atoms with van der Waals surface area (Å²) in [5, 5.41) is 5.06. The van der Waals surface area contributed by atoms with Gasteiger partial charge in [0.25, 0.3) is 0 Å². The van der Waals surface area contributed by atoms with E-state index >= 15 is 0 Å². The van der Waals surface area contributed by atoms with Crippen molar-refractivity contribution >= 4 is 23.9 Å². The normalized spacial score (nSPS) is 19.3. The quantitative estimate of drug-likeness (QED) is 0.629. The highest BCUT2D eigenvalue weighted by molar-refractivity contribution is 5.90. The average molecular weight is 425 g/mol. The van der Waals surface area contributed by atoms with Crippen LogP contribution in [0.1, 0.15) is 44.6 Å². The molecule has 6 nitrogen and oxygen atoms in total. The smallest absolute Gasteiger partial charge is 0.246 e. The van der Waals surface area contributed by atoms with Crippen molar-refractivity contribution in [3.05, 3.63) is 29.6 Å². The molecule has 0 spiro atoms. The molecule has 164 valence electrons. The molecule has 0 bridgehead atoms. The van der Waals surface area contributed by atoms with Crippen LogP contribution in [0.2, 0.25) is 0 Å². The maximum Gasteiger partial charge on any atom is 0.246 e. The van der Waals surface area contributed by atoms with Gasteiger partial charge in [-0.25, -0.2) is 13.2 Å². The van der Waals surface area contributed by atoms with E-state index in [1.54, 1.807) is 13.0 Å². The molecule has 1 unspecified atom stereocenters. The van der Waals surface area contributed by atoms with Gasteiger partial charge >= 0.3 is 0 Å². The summed E-state index contributed by atoms with van der Waals surface area (Å²) in [6.07, 6.45) is -0.251. The Morgan fingerprint density at radius 3 is 2.43 bits per heavy atom. The molecule has 1 saturated heterocycles. The number of hydrogen-bond acceptors (Lipinski definition) is 3. The minimum atomic E-state index is -2.41. The van der Waals surface area contributed by atoms with E-state index in [2.05, 4.69) is 10.6 Å². The first-order valence-electron chi connectivity index (χ1n) is 10.2. The van der Waals surface area contributed by atoms with Crippen LogP contribution in [0.3, 0.4) is 0 Å². The van der Waals surface area contributed by atoms with Crippen molar-refractivity contribution in [2.75, 3.05) is 18.4 Å². The third-order valence-corrected chi connectivity index (χ3v) is 6.18. The van der Waals surface area contributed by atoms with Gasteiger partial charge in [0.2, 0.25) is 24.6 Å². The molecule has 1 saturated carbocycles. The number of nitrogens with zero attached hydrogens (tertiary/aromatic N) is 1. The van der Waals surface area contributed by atoms with Gasteiger partial charge in [0.1, 0.15) is 11.9 Å². The SMILES string of the molecule is CCC(=O)NC(C(=O)N1CCC(C(F)F)CC1)C1(c2ccc(NC=O)c(F)c2)CC1. The van der Waals surface area contributed by atoms with Crippen molar-refractivity contribution in [1.29, 1.82) is 0 Å². The summed E-state index contributed by atoms with van der Waals surface area (Å²) < 4.78 is 40.3. The van der Waals surface area contributed by atoms with Crippen molar-refractivity contribution in [3.63, 3.8) is 0 Å². The number of rotatable bonds is 8. The summed E-state index contributed by atoms with van der Waals surface area (Å²) in [6, 6.07) is 3.46. The molecule has 1 aliphatic carbocycles. The minimum absolute atomic E-state index is 0.0269. The van der Waals surface area contributed by atoms with Gasteiger partial charge in [-0.05, 0) is 43.4 Å². The fourth-order valence-corrected chi connectivity index (χ4v) is 4.14. The summed E-state index contributed by atoms with van der Waals surface area (Å²) in [4.78, 5) is 37.6. The number of anilines is 1. The molecule has 0 aromatic heterocycles. The second kappa shape index (κ2) is 9.06. The zero-order chi connectivity index (χ0) is 21.9. The van der Waals surface area contributed by atoms with Gasteiger partial charge in [-0.15, -0.1) is 0 Å². The Bertz CT molecular complexity index is 806. The zero-order valence-corrected chi connectivity index (χ0v) is 16.8. The molecule has 9 heteroatoms. The topological polar surface area (TPSA) is 78.5 Å². The van der Waals surface area contributed by atoms with Crippen LogP contribution in [0.15, 0.2) is 18.2 Å². The highest BCUT2D eigenvalue weighted by atomic mass is 19.3. The predicted octanol–water partition coefficient (Wildman–Crippen LogP) is 2.82. The Kier molecular flexibility index (Phi) is 6.67. The lowest BCUT2D eigenvalue weighted by molar-refractivity contribution is -0.139. The molecule has 1 aliphatic heterocycles. The van der Waals surface area contributed by atoms with E-state index in [0.29, 0.717) is 24.8 Å². The summed E-state index contributed by atoms with van der Waals surface area (Å²) in [5.41, 5.74) is -0.157. The Morgan fingerprint density at radius 1 is 1.27 bits per heavy atom. The highest BCUT2D eigenvalue weighted by Crippen LogP contribution is 2.52. The largest absolute Gasteiger partial charge is 0.343 e. The van der Waals surface area contributed by atoms with Crippen molar-refractivity contribution in [3.8, 4) is 0 Å². The molecule has 2 N–H and O–H groups in total. The van der Waals surface area contributed by atoms with Crippen molar-refractivity contribution < 1.29 is 27.6 Å². The average Bonchev–Trinajstić information content (AvgIpc) is 3.54. The van der Waals surface area contributed by atoms with Gasteiger partial charge in [-0.3, -0.25) is 14.4 Å².